The maximum absolute atomic E-state index is 14.5. The molecule has 0 atom stereocenters. The fourth-order valence-corrected chi connectivity index (χ4v) is 4.87. The molecule has 8 nitrogen and oxygen atoms in total. The first-order valence-electron chi connectivity index (χ1n) is 12.2. The molecule has 2 aromatic heterocycles. The third-order valence-electron chi connectivity index (χ3n) is 6.87. The van der Waals surface area contributed by atoms with Crippen LogP contribution < -0.4 is 15.6 Å². The zero-order valence-electron chi connectivity index (χ0n) is 20.1. The van der Waals surface area contributed by atoms with E-state index in [2.05, 4.69) is 26.3 Å². The van der Waals surface area contributed by atoms with Crippen LogP contribution in [0, 0.1) is 5.82 Å². The molecule has 0 radical (unpaired) electrons. The summed E-state index contributed by atoms with van der Waals surface area (Å²) in [6, 6.07) is 4.15. The smallest absolute Gasteiger partial charge is 0.269 e. The van der Waals surface area contributed by atoms with E-state index in [0.29, 0.717) is 36.6 Å². The molecule has 3 heterocycles. The van der Waals surface area contributed by atoms with Gasteiger partial charge in [0, 0.05) is 13.1 Å². The van der Waals surface area contributed by atoms with E-state index in [4.69, 9.17) is 9.47 Å². The Morgan fingerprint density at radius 3 is 2.65 bits per heavy atom. The van der Waals surface area contributed by atoms with Crippen LogP contribution in [0.15, 0.2) is 35.5 Å². The van der Waals surface area contributed by atoms with E-state index in [1.807, 2.05) is 19.1 Å². The van der Waals surface area contributed by atoms with Crippen molar-refractivity contribution in [3.63, 3.8) is 0 Å². The minimum absolute atomic E-state index is 0. The largest absolute Gasteiger partial charge is 0.488 e. The Labute approximate surface area is 218 Å². The molecule has 9 heteroatoms. The molecule has 200 valence electrons. The highest BCUT2D eigenvalue weighted by molar-refractivity contribution is 5.86. The molecule has 0 amide bonds. The van der Waals surface area contributed by atoms with Gasteiger partial charge in [0.2, 0.25) is 0 Å². The van der Waals surface area contributed by atoms with Crippen molar-refractivity contribution in [1.82, 2.24) is 19.5 Å². The number of nitrogens with one attached hydrogen (secondary N) is 1. The van der Waals surface area contributed by atoms with Crippen molar-refractivity contribution in [1.29, 1.82) is 0 Å². The average molecular weight is 512 g/mol. The van der Waals surface area contributed by atoms with Gasteiger partial charge in [0.1, 0.15) is 17.6 Å². The van der Waals surface area contributed by atoms with Crippen LogP contribution in [0.25, 0.3) is 16.6 Å². The fourth-order valence-electron chi connectivity index (χ4n) is 4.87. The molecule has 1 aromatic carbocycles. The van der Waals surface area contributed by atoms with Gasteiger partial charge in [0.05, 0.1) is 36.7 Å². The molecule has 0 saturated heterocycles. The third-order valence-corrected chi connectivity index (χ3v) is 6.87. The zero-order valence-corrected chi connectivity index (χ0v) is 20.1. The van der Waals surface area contributed by atoms with Crippen LogP contribution in [0.1, 0.15) is 65.1 Å². The number of aromatic nitrogens is 4. The number of ether oxygens (including phenoxy) is 2. The molecule has 37 heavy (non-hydrogen) atoms. The van der Waals surface area contributed by atoms with Gasteiger partial charge in [0.25, 0.3) is 5.56 Å². The predicted molar refractivity (Wildman–Crippen MR) is 146 cm³/mol. The Morgan fingerprint density at radius 1 is 1.16 bits per heavy atom. The number of anilines is 1. The lowest BCUT2D eigenvalue weighted by atomic mass is 9.92. The summed E-state index contributed by atoms with van der Waals surface area (Å²) in [4.78, 5) is 24.8. The molecular formula is C28H38FN5O3. The Hall–Kier alpha value is -3.33. The fraction of sp³-hybridized carbons (Fsp3) is 0.500. The maximum atomic E-state index is 14.5. The van der Waals surface area contributed by atoms with Gasteiger partial charge in [-0.25, -0.2) is 19.3 Å². The summed E-state index contributed by atoms with van der Waals surface area (Å²) in [5, 5.41) is 3.25. The number of nitrogens with zero attached hydrogens (tertiary/aromatic N) is 4. The second-order valence-electron chi connectivity index (χ2n) is 9.12. The summed E-state index contributed by atoms with van der Waals surface area (Å²) in [5.74, 6) is 0.571. The lowest BCUT2D eigenvalue weighted by molar-refractivity contribution is 0.151. The first-order chi connectivity index (χ1) is 17.0. The Kier molecular flexibility index (Phi) is 9.37. The van der Waals surface area contributed by atoms with E-state index in [9.17, 15) is 9.18 Å². The van der Waals surface area contributed by atoms with Crippen molar-refractivity contribution in [2.75, 3.05) is 18.5 Å². The molecule has 5 rings (SSSR count). The van der Waals surface area contributed by atoms with E-state index in [0.717, 1.165) is 43.2 Å². The van der Waals surface area contributed by atoms with Crippen molar-refractivity contribution in [2.45, 2.75) is 72.4 Å². The molecule has 0 bridgehead atoms. The number of hydrogen-bond acceptors (Lipinski definition) is 7. The van der Waals surface area contributed by atoms with Crippen LogP contribution in [0.2, 0.25) is 0 Å². The second-order valence-corrected chi connectivity index (χ2v) is 9.12. The number of benzene rings is 1. The molecule has 1 aliphatic heterocycles. The van der Waals surface area contributed by atoms with Crippen molar-refractivity contribution in [3.8, 4) is 5.75 Å². The van der Waals surface area contributed by atoms with Crippen molar-refractivity contribution < 1.29 is 13.9 Å². The summed E-state index contributed by atoms with van der Waals surface area (Å²) in [6.45, 7) is 3.15. The molecule has 1 N–H and O–H groups in total. The SMILES string of the molecule is C.C.CCc1ncnc(NC2CCC(Oc3cc(C4=CCOCC4)cc4ncc(=O)n(C)c34)CC2)c1F. The molecule has 2 aliphatic rings. The van der Waals surface area contributed by atoms with Gasteiger partial charge in [-0.15, -0.1) is 0 Å². The van der Waals surface area contributed by atoms with Crippen LogP contribution in [-0.4, -0.2) is 44.9 Å². The number of aryl methyl sites for hydroxylation is 2. The molecule has 1 aliphatic carbocycles. The lowest BCUT2D eigenvalue weighted by Crippen LogP contribution is -2.32. The number of hydrogen-bond donors (Lipinski definition) is 1. The summed E-state index contributed by atoms with van der Waals surface area (Å²) in [6.07, 6.45) is 9.45. The summed E-state index contributed by atoms with van der Waals surface area (Å²) in [5.41, 5.74) is 3.92. The van der Waals surface area contributed by atoms with Gasteiger partial charge < -0.3 is 19.4 Å². The van der Waals surface area contributed by atoms with Gasteiger partial charge >= 0.3 is 0 Å². The predicted octanol–water partition coefficient (Wildman–Crippen LogP) is 5.30. The third kappa shape index (κ3) is 5.98. The highest BCUT2D eigenvalue weighted by atomic mass is 19.1. The maximum Gasteiger partial charge on any atom is 0.269 e. The lowest BCUT2D eigenvalue weighted by Gasteiger charge is -2.30. The van der Waals surface area contributed by atoms with Crippen molar-refractivity contribution >= 4 is 22.4 Å². The van der Waals surface area contributed by atoms with E-state index in [1.165, 1.54) is 18.1 Å². The normalized spacial score (nSPS) is 19.4. The van der Waals surface area contributed by atoms with E-state index in [1.54, 1.807) is 11.6 Å². The van der Waals surface area contributed by atoms with E-state index in [-0.39, 0.29) is 44.2 Å². The molecule has 0 spiro atoms. The Balaban J connectivity index is 0.00000190. The molecule has 1 saturated carbocycles. The van der Waals surface area contributed by atoms with Gasteiger partial charge in [-0.05, 0) is 61.8 Å². The Bertz CT molecular complexity index is 1320. The Morgan fingerprint density at radius 2 is 1.95 bits per heavy atom. The molecular weight excluding hydrogens is 473 g/mol. The average Bonchev–Trinajstić information content (AvgIpc) is 2.89. The summed E-state index contributed by atoms with van der Waals surface area (Å²) in [7, 11) is 1.74. The minimum Gasteiger partial charge on any atom is -0.488 e. The van der Waals surface area contributed by atoms with Gasteiger partial charge in [-0.3, -0.25) is 4.79 Å². The minimum atomic E-state index is -0.368. The van der Waals surface area contributed by atoms with Crippen molar-refractivity contribution in [2.24, 2.45) is 7.05 Å². The quantitative estimate of drug-likeness (QED) is 0.480. The van der Waals surface area contributed by atoms with E-state index < -0.39 is 0 Å². The highest BCUT2D eigenvalue weighted by Crippen LogP contribution is 2.34. The summed E-state index contributed by atoms with van der Waals surface area (Å²) >= 11 is 0. The van der Waals surface area contributed by atoms with Crippen LogP contribution in [0.3, 0.4) is 0 Å². The first kappa shape index (κ1) is 28.2. The van der Waals surface area contributed by atoms with Crippen LogP contribution in [0.4, 0.5) is 10.2 Å². The standard InChI is InChI=1S/C26H30FN5O3.2CH4/c1-3-20-24(27)26(30-15-29-20)31-18-4-6-19(7-5-18)35-22-13-17(16-8-10-34-11-9-16)12-21-25(22)32(2)23(33)14-28-21;;/h8,12-15,18-19H,3-7,9-11H2,1-2H3,(H,29,30,31);2*1H4. The van der Waals surface area contributed by atoms with Crippen LogP contribution >= 0.6 is 0 Å². The molecule has 0 unspecified atom stereocenters. The van der Waals surface area contributed by atoms with E-state index >= 15 is 0 Å². The van der Waals surface area contributed by atoms with Gasteiger partial charge in [0.15, 0.2) is 11.6 Å². The van der Waals surface area contributed by atoms with Gasteiger partial charge in [-0.1, -0.05) is 27.9 Å². The molecule has 3 aromatic rings. The highest BCUT2D eigenvalue weighted by Gasteiger charge is 2.25. The monoisotopic (exact) mass is 511 g/mol. The second kappa shape index (κ2) is 12.3. The van der Waals surface area contributed by atoms with Crippen LogP contribution in [-0.2, 0) is 18.2 Å². The number of rotatable bonds is 6. The summed E-state index contributed by atoms with van der Waals surface area (Å²) < 4.78 is 28.1. The topological polar surface area (TPSA) is 91.2 Å². The first-order valence-corrected chi connectivity index (χ1v) is 12.2. The van der Waals surface area contributed by atoms with Gasteiger partial charge in [-0.2, -0.15) is 0 Å². The molecule has 1 fully saturated rings. The zero-order chi connectivity index (χ0) is 24.4. The van der Waals surface area contributed by atoms with Crippen LogP contribution in [0.5, 0.6) is 5.75 Å². The van der Waals surface area contributed by atoms with Crippen molar-refractivity contribution in [3.05, 3.63) is 58.2 Å². The number of halogens is 1. The number of fused-ring (bicyclic) bond motifs is 1.